The summed E-state index contributed by atoms with van der Waals surface area (Å²) in [6.45, 7) is 2.78. The first-order chi connectivity index (χ1) is 6.76. The number of hydrogen-bond acceptors (Lipinski definition) is 3. The van der Waals surface area contributed by atoms with Crippen LogP contribution in [0.1, 0.15) is 12.8 Å². The van der Waals surface area contributed by atoms with E-state index in [-0.39, 0.29) is 12.1 Å². The summed E-state index contributed by atoms with van der Waals surface area (Å²) in [5.74, 6) is 2.61. The summed E-state index contributed by atoms with van der Waals surface area (Å²) in [4.78, 5) is 13.2. The number of terminal acetylenes is 1. The van der Waals surface area contributed by atoms with Crippen molar-refractivity contribution in [1.29, 1.82) is 0 Å². The summed E-state index contributed by atoms with van der Waals surface area (Å²) in [5, 5.41) is 2.78. The SMILES string of the molecule is C#CCCN1CCC(NC(=O)OC)C1. The highest BCUT2D eigenvalue weighted by atomic mass is 16.5. The van der Waals surface area contributed by atoms with Crippen molar-refractivity contribution in [3.8, 4) is 12.3 Å². The Balaban J connectivity index is 2.21. The standard InChI is InChI=1S/C10H16N2O2/c1-3-4-6-12-7-5-9(8-12)11-10(13)14-2/h1,9H,4-8H2,2H3,(H,11,13). The zero-order valence-corrected chi connectivity index (χ0v) is 8.45. The Hall–Kier alpha value is -1.21. The lowest BCUT2D eigenvalue weighted by atomic mass is 10.3. The molecule has 0 aromatic rings. The summed E-state index contributed by atoms with van der Waals surface area (Å²) >= 11 is 0. The number of alkyl carbamates (subject to hydrolysis) is 1. The van der Waals surface area contributed by atoms with Gasteiger partial charge in [0.1, 0.15) is 0 Å². The summed E-state index contributed by atoms with van der Waals surface area (Å²) in [6, 6.07) is 0.209. The van der Waals surface area contributed by atoms with Gasteiger partial charge in [-0.3, -0.25) is 0 Å². The second-order valence-corrected chi connectivity index (χ2v) is 3.38. The molecule has 0 aromatic carbocycles. The highest BCUT2D eigenvalue weighted by Gasteiger charge is 2.23. The van der Waals surface area contributed by atoms with Crippen molar-refractivity contribution in [2.45, 2.75) is 18.9 Å². The number of likely N-dealkylation sites (tertiary alicyclic amines) is 1. The molecule has 1 N–H and O–H groups in total. The molecule has 4 heteroatoms. The number of rotatable bonds is 3. The maximum atomic E-state index is 10.9. The minimum atomic E-state index is -0.353. The number of hydrogen-bond donors (Lipinski definition) is 1. The smallest absolute Gasteiger partial charge is 0.407 e. The van der Waals surface area contributed by atoms with Gasteiger partial charge in [-0.25, -0.2) is 4.79 Å². The largest absolute Gasteiger partial charge is 0.453 e. The molecule has 1 fully saturated rings. The van der Waals surface area contributed by atoms with Crippen molar-refractivity contribution in [1.82, 2.24) is 10.2 Å². The highest BCUT2D eigenvalue weighted by Crippen LogP contribution is 2.09. The third kappa shape index (κ3) is 3.27. The molecule has 78 valence electrons. The van der Waals surface area contributed by atoms with Crippen LogP contribution in [0.3, 0.4) is 0 Å². The molecule has 1 unspecified atom stereocenters. The lowest BCUT2D eigenvalue weighted by Gasteiger charge is -2.14. The van der Waals surface area contributed by atoms with Crippen molar-refractivity contribution < 1.29 is 9.53 Å². The fourth-order valence-electron chi connectivity index (χ4n) is 1.60. The van der Waals surface area contributed by atoms with Crippen molar-refractivity contribution in [3.63, 3.8) is 0 Å². The van der Waals surface area contributed by atoms with Crippen LogP contribution < -0.4 is 5.32 Å². The zero-order valence-electron chi connectivity index (χ0n) is 8.45. The van der Waals surface area contributed by atoms with Crippen LogP contribution in [-0.4, -0.2) is 43.8 Å². The average Bonchev–Trinajstić information content (AvgIpc) is 2.62. The van der Waals surface area contributed by atoms with Gasteiger partial charge in [0.25, 0.3) is 0 Å². The van der Waals surface area contributed by atoms with Crippen LogP contribution in [0.2, 0.25) is 0 Å². The molecule has 0 spiro atoms. The first-order valence-corrected chi connectivity index (χ1v) is 4.76. The monoisotopic (exact) mass is 196 g/mol. The molecular formula is C10H16N2O2. The van der Waals surface area contributed by atoms with Crippen molar-refractivity contribution in [2.24, 2.45) is 0 Å². The summed E-state index contributed by atoms with van der Waals surface area (Å²) < 4.78 is 4.53. The van der Waals surface area contributed by atoms with Gasteiger partial charge in [-0.1, -0.05) is 0 Å². The Bertz CT molecular complexity index is 235. The molecule has 1 aliphatic rings. The molecular weight excluding hydrogens is 180 g/mol. The van der Waals surface area contributed by atoms with Crippen LogP contribution in [-0.2, 0) is 4.74 Å². The fraction of sp³-hybridized carbons (Fsp3) is 0.700. The van der Waals surface area contributed by atoms with E-state index in [2.05, 4.69) is 20.9 Å². The number of carbonyl (C=O) groups excluding carboxylic acids is 1. The van der Waals surface area contributed by atoms with Gasteiger partial charge in [-0.2, -0.15) is 0 Å². The number of nitrogens with one attached hydrogen (secondary N) is 1. The second kappa shape index (κ2) is 5.51. The first kappa shape index (κ1) is 10.9. The Morgan fingerprint density at radius 2 is 2.57 bits per heavy atom. The van der Waals surface area contributed by atoms with Gasteiger partial charge in [0, 0.05) is 32.1 Å². The highest BCUT2D eigenvalue weighted by molar-refractivity contribution is 5.67. The maximum Gasteiger partial charge on any atom is 0.407 e. The van der Waals surface area contributed by atoms with Gasteiger partial charge in [0.15, 0.2) is 0 Å². The van der Waals surface area contributed by atoms with Gasteiger partial charge < -0.3 is 15.0 Å². The topological polar surface area (TPSA) is 41.6 Å². The lowest BCUT2D eigenvalue weighted by molar-refractivity contribution is 0.166. The van der Waals surface area contributed by atoms with E-state index in [0.29, 0.717) is 0 Å². The Morgan fingerprint density at radius 1 is 1.79 bits per heavy atom. The predicted octanol–water partition coefficient (Wildman–Crippen LogP) is 0.440. The van der Waals surface area contributed by atoms with E-state index >= 15 is 0 Å². The zero-order chi connectivity index (χ0) is 10.4. The van der Waals surface area contributed by atoms with Crippen molar-refractivity contribution in [2.75, 3.05) is 26.7 Å². The number of methoxy groups -OCH3 is 1. The van der Waals surface area contributed by atoms with E-state index in [9.17, 15) is 4.79 Å². The molecule has 1 heterocycles. The molecule has 1 amide bonds. The van der Waals surface area contributed by atoms with Gasteiger partial charge >= 0.3 is 6.09 Å². The van der Waals surface area contributed by atoms with Crippen LogP contribution in [0.4, 0.5) is 4.79 Å². The van der Waals surface area contributed by atoms with Gasteiger partial charge in [0.05, 0.1) is 7.11 Å². The number of carbonyl (C=O) groups is 1. The number of amides is 1. The maximum absolute atomic E-state index is 10.9. The van der Waals surface area contributed by atoms with E-state index in [4.69, 9.17) is 6.42 Å². The number of ether oxygens (including phenoxy) is 1. The second-order valence-electron chi connectivity index (χ2n) is 3.38. The first-order valence-electron chi connectivity index (χ1n) is 4.76. The van der Waals surface area contributed by atoms with Crippen LogP contribution in [0.25, 0.3) is 0 Å². The number of nitrogens with zero attached hydrogens (tertiary/aromatic N) is 1. The van der Waals surface area contributed by atoms with E-state index in [1.807, 2.05) is 0 Å². The quantitative estimate of drug-likeness (QED) is 0.666. The average molecular weight is 196 g/mol. The minimum absolute atomic E-state index is 0.209. The molecule has 0 bridgehead atoms. The molecule has 0 saturated carbocycles. The molecule has 1 rings (SSSR count). The van der Waals surface area contributed by atoms with Crippen LogP contribution in [0.5, 0.6) is 0 Å². The molecule has 1 saturated heterocycles. The van der Waals surface area contributed by atoms with Crippen LogP contribution in [0.15, 0.2) is 0 Å². The summed E-state index contributed by atoms with van der Waals surface area (Å²) in [7, 11) is 1.38. The van der Waals surface area contributed by atoms with Crippen LogP contribution in [0, 0.1) is 12.3 Å². The van der Waals surface area contributed by atoms with E-state index in [1.165, 1.54) is 7.11 Å². The fourth-order valence-corrected chi connectivity index (χ4v) is 1.60. The predicted molar refractivity (Wildman–Crippen MR) is 53.8 cm³/mol. The Morgan fingerprint density at radius 3 is 3.21 bits per heavy atom. The van der Waals surface area contributed by atoms with Gasteiger partial charge in [0.2, 0.25) is 0 Å². The normalized spacial score (nSPS) is 21.6. The molecule has 0 aliphatic carbocycles. The van der Waals surface area contributed by atoms with Crippen molar-refractivity contribution >= 4 is 6.09 Å². The Kier molecular flexibility index (Phi) is 4.27. The van der Waals surface area contributed by atoms with Crippen molar-refractivity contribution in [3.05, 3.63) is 0 Å². The molecule has 0 radical (unpaired) electrons. The summed E-state index contributed by atoms with van der Waals surface area (Å²) in [5.41, 5.74) is 0. The molecule has 4 nitrogen and oxygen atoms in total. The minimum Gasteiger partial charge on any atom is -0.453 e. The lowest BCUT2D eigenvalue weighted by Crippen LogP contribution is -2.37. The molecule has 1 aliphatic heterocycles. The van der Waals surface area contributed by atoms with Gasteiger partial charge in [-0.15, -0.1) is 12.3 Å². The Labute approximate surface area is 84.6 Å². The van der Waals surface area contributed by atoms with E-state index in [0.717, 1.165) is 32.5 Å². The van der Waals surface area contributed by atoms with Crippen LogP contribution >= 0.6 is 0 Å². The van der Waals surface area contributed by atoms with E-state index in [1.54, 1.807) is 0 Å². The molecule has 14 heavy (non-hydrogen) atoms. The molecule has 0 aromatic heterocycles. The summed E-state index contributed by atoms with van der Waals surface area (Å²) in [6.07, 6.45) is 6.56. The van der Waals surface area contributed by atoms with Gasteiger partial charge in [-0.05, 0) is 6.42 Å². The third-order valence-corrected chi connectivity index (χ3v) is 2.35. The third-order valence-electron chi connectivity index (χ3n) is 2.35. The molecule has 1 atom stereocenters. The van der Waals surface area contributed by atoms with E-state index < -0.39 is 0 Å².